The number of ether oxygens (including phenoxy) is 5. The Morgan fingerprint density at radius 2 is 1.07 bits per heavy atom. The summed E-state index contributed by atoms with van der Waals surface area (Å²) in [7, 11) is -16.5. The van der Waals surface area contributed by atoms with Gasteiger partial charge in [0.2, 0.25) is 0 Å². The van der Waals surface area contributed by atoms with Gasteiger partial charge in [0.15, 0.2) is 6.23 Å². The number of aromatic nitrogens is 2. The minimum atomic E-state index is -5.84. The Hall–Kier alpha value is -4.23. The summed E-state index contributed by atoms with van der Waals surface area (Å²) in [5.41, 5.74) is -0.593. The van der Waals surface area contributed by atoms with Gasteiger partial charge in [-0.05, 0) is 61.2 Å². The summed E-state index contributed by atoms with van der Waals surface area (Å²) in [6.45, 7) is 4.10. The fourth-order valence-electron chi connectivity index (χ4n) is 7.04. The highest BCUT2D eigenvalue weighted by molar-refractivity contribution is 7.67. The number of phosphoric ester groups is 2. The molecule has 0 saturated heterocycles. The van der Waals surface area contributed by atoms with Gasteiger partial charge in [0.25, 0.3) is 5.56 Å². The van der Waals surface area contributed by atoms with Crippen molar-refractivity contribution >= 4 is 35.8 Å². The molecule has 21 nitrogen and oxygen atoms in total. The lowest BCUT2D eigenvalue weighted by Gasteiger charge is -2.22. The number of rotatable bonds is 36. The molecule has 0 spiro atoms. The number of phosphoric acid groups is 3. The second-order valence-corrected chi connectivity index (χ2v) is 22.0. The summed E-state index contributed by atoms with van der Waals surface area (Å²) < 4.78 is 92.1. The number of unbranched alkanes of at least 4 members (excludes halogenated alkanes) is 16. The van der Waals surface area contributed by atoms with Crippen LogP contribution in [0.1, 0.15) is 152 Å². The number of aryl methyl sites for hydroxylation is 1. The first-order chi connectivity index (χ1) is 34.5. The molecule has 4 rings (SSSR count). The summed E-state index contributed by atoms with van der Waals surface area (Å²) in [6.07, 6.45) is 21.2. The SMILES string of the molecule is CCCCCCCCCCCCCCCCCCOC(=O)Oc1ccc(COP(=O)(OCc2ccc(OC(=O)OCCCC)cc2)OP(=O)(O)OP(=O)(O)OC[C@@H]2C=C[C@H](n3cc(C)c(=O)[nH]c3=O)O2)cc1. The Morgan fingerprint density at radius 3 is 1.56 bits per heavy atom. The van der Waals surface area contributed by atoms with Gasteiger partial charge in [-0.1, -0.05) is 147 Å². The number of aromatic amines is 1. The molecule has 3 N–H and O–H groups in total. The van der Waals surface area contributed by atoms with Crippen LogP contribution in [0.5, 0.6) is 11.5 Å². The predicted molar refractivity (Wildman–Crippen MR) is 265 cm³/mol. The van der Waals surface area contributed by atoms with E-state index < -0.39 is 79.2 Å². The Kier molecular flexibility index (Phi) is 26.9. The van der Waals surface area contributed by atoms with Crippen molar-refractivity contribution in [1.82, 2.24) is 9.55 Å². The lowest BCUT2D eigenvalue weighted by atomic mass is 10.0. The smallest absolute Gasteiger partial charge is 0.434 e. The third-order valence-corrected chi connectivity index (χ3v) is 15.6. The first-order valence-corrected chi connectivity index (χ1v) is 29.1. The third kappa shape index (κ3) is 24.2. The maximum absolute atomic E-state index is 14.0. The molecule has 5 atom stereocenters. The molecule has 0 fully saturated rings. The topological polar surface area (TPSA) is 273 Å². The molecule has 1 aromatic heterocycles. The van der Waals surface area contributed by atoms with Crippen molar-refractivity contribution < 1.29 is 78.9 Å². The van der Waals surface area contributed by atoms with Gasteiger partial charge in [0.1, 0.15) is 17.6 Å². The number of nitrogens with one attached hydrogen (secondary N) is 1. The summed E-state index contributed by atoms with van der Waals surface area (Å²) in [5.74, 6) is 0.225. The van der Waals surface area contributed by atoms with Gasteiger partial charge < -0.3 is 33.5 Å². The minimum absolute atomic E-state index is 0.105. The number of benzene rings is 2. The van der Waals surface area contributed by atoms with Crippen LogP contribution in [0.4, 0.5) is 9.59 Å². The fourth-order valence-corrected chi connectivity index (χ4v) is 11.1. The van der Waals surface area contributed by atoms with Crippen molar-refractivity contribution in [2.45, 2.75) is 162 Å². The number of hydrogen-bond donors (Lipinski definition) is 3. The lowest BCUT2D eigenvalue weighted by Crippen LogP contribution is -2.33. The molecule has 0 bridgehead atoms. The molecule has 2 aromatic carbocycles. The van der Waals surface area contributed by atoms with Crippen LogP contribution >= 0.6 is 23.5 Å². The van der Waals surface area contributed by atoms with E-state index in [4.69, 9.17) is 41.6 Å². The van der Waals surface area contributed by atoms with E-state index in [9.17, 15) is 42.7 Å². The summed E-state index contributed by atoms with van der Waals surface area (Å²) in [6, 6.07) is 11.2. The van der Waals surface area contributed by atoms with Gasteiger partial charge in [-0.25, -0.2) is 28.1 Å². The zero-order valence-electron chi connectivity index (χ0n) is 41.4. The summed E-state index contributed by atoms with van der Waals surface area (Å²) in [4.78, 5) is 71.4. The van der Waals surface area contributed by atoms with Crippen molar-refractivity contribution in [2.24, 2.45) is 0 Å². The van der Waals surface area contributed by atoms with Crippen LogP contribution in [0.3, 0.4) is 0 Å². The van der Waals surface area contributed by atoms with Crippen LogP contribution in [-0.2, 0) is 63.3 Å². The predicted octanol–water partition coefficient (Wildman–Crippen LogP) is 12.2. The first-order valence-electron chi connectivity index (χ1n) is 24.6. The molecule has 3 unspecified atom stereocenters. The average Bonchev–Trinajstić information content (AvgIpc) is 3.81. The van der Waals surface area contributed by atoms with Crippen LogP contribution in [0.25, 0.3) is 0 Å². The maximum Gasteiger partial charge on any atom is 0.513 e. The van der Waals surface area contributed by atoms with Gasteiger partial charge in [-0.2, -0.15) is 8.62 Å². The number of carbonyl (C=O) groups is 2. The molecule has 0 amide bonds. The van der Waals surface area contributed by atoms with Crippen LogP contribution in [-0.4, -0.2) is 57.6 Å². The van der Waals surface area contributed by atoms with E-state index in [2.05, 4.69) is 16.2 Å². The molecule has 1 aliphatic rings. The van der Waals surface area contributed by atoms with Crippen LogP contribution in [0.15, 0.2) is 76.5 Å². The van der Waals surface area contributed by atoms with Crippen molar-refractivity contribution in [2.75, 3.05) is 19.8 Å². The number of carbonyl (C=O) groups excluding carboxylic acids is 2. The molecule has 0 aliphatic carbocycles. The van der Waals surface area contributed by atoms with E-state index >= 15 is 0 Å². The van der Waals surface area contributed by atoms with E-state index in [0.717, 1.165) is 30.3 Å². The normalized spacial score (nSPS) is 16.9. The Labute approximate surface area is 420 Å². The lowest BCUT2D eigenvalue weighted by molar-refractivity contribution is -0.0105. The highest BCUT2D eigenvalue weighted by Crippen LogP contribution is 2.69. The van der Waals surface area contributed by atoms with Crippen molar-refractivity contribution in [3.63, 3.8) is 0 Å². The fraction of sp³-hybridized carbons (Fsp3) is 0.583. The minimum Gasteiger partial charge on any atom is -0.434 e. The van der Waals surface area contributed by atoms with Gasteiger partial charge >= 0.3 is 41.5 Å². The molecule has 2 heterocycles. The number of H-pyrrole nitrogens is 1. The average molecular weight is 1070 g/mol. The number of nitrogens with zero attached hydrogens (tertiary/aromatic N) is 1. The van der Waals surface area contributed by atoms with Gasteiger partial charge in [0, 0.05) is 11.8 Å². The van der Waals surface area contributed by atoms with Crippen LogP contribution < -0.4 is 20.7 Å². The quantitative estimate of drug-likeness (QED) is 0.0160. The maximum atomic E-state index is 14.0. The Balaban J connectivity index is 1.24. The molecule has 24 heteroatoms. The van der Waals surface area contributed by atoms with Crippen molar-refractivity contribution in [1.29, 1.82) is 0 Å². The van der Waals surface area contributed by atoms with Crippen molar-refractivity contribution in [3.05, 3.63) is 104 Å². The van der Waals surface area contributed by atoms with E-state index in [0.29, 0.717) is 12.8 Å². The highest BCUT2D eigenvalue weighted by atomic mass is 31.3. The van der Waals surface area contributed by atoms with Gasteiger partial charge in [-0.15, -0.1) is 0 Å². The molecule has 0 radical (unpaired) electrons. The molecule has 402 valence electrons. The first kappa shape index (κ1) is 60.3. The molecule has 72 heavy (non-hydrogen) atoms. The van der Waals surface area contributed by atoms with Gasteiger partial charge in [-0.3, -0.25) is 27.9 Å². The number of hydrogen-bond acceptors (Lipinski definition) is 17. The summed E-state index contributed by atoms with van der Waals surface area (Å²) >= 11 is 0. The van der Waals surface area contributed by atoms with E-state index in [-0.39, 0.29) is 41.4 Å². The second kappa shape index (κ2) is 32.2. The molecule has 3 aromatic rings. The molecule has 0 saturated carbocycles. The zero-order chi connectivity index (χ0) is 52.2. The molecular weight excluding hydrogens is 1000 g/mol. The standard InChI is InChI=1S/C48H71N2O19P3/c1-4-6-8-9-10-11-12-13-14-15-16-17-18-19-20-21-33-61-48(54)67-42-28-24-40(25-29-42)36-64-72(59,63-35-39-22-26-41(27-23-39)66-47(53)60-32-7-5-2)69-71(57,58)68-70(55,56)62-37-43-30-31-44(65-43)50-34-38(3)45(51)49-46(50)52/h22-31,34,43-44H,4-21,32-33,35-37H2,1-3H3,(H,55,56)(H,57,58)(H,49,51,52)/t43-,44+,72?/m0/s1. The van der Waals surface area contributed by atoms with Crippen LogP contribution in [0.2, 0.25) is 0 Å². The third-order valence-electron chi connectivity index (χ3n) is 11.0. The van der Waals surface area contributed by atoms with Crippen molar-refractivity contribution in [3.8, 4) is 11.5 Å². The van der Waals surface area contributed by atoms with Gasteiger partial charge in [0.05, 0.1) is 33.0 Å². The van der Waals surface area contributed by atoms with Crippen LogP contribution in [0, 0.1) is 6.92 Å². The largest absolute Gasteiger partial charge is 0.513 e. The monoisotopic (exact) mass is 1070 g/mol. The molecular formula is C48H71N2O19P3. The molecule has 1 aliphatic heterocycles. The summed E-state index contributed by atoms with van der Waals surface area (Å²) in [5, 5.41) is 0. The zero-order valence-corrected chi connectivity index (χ0v) is 44.1. The highest BCUT2D eigenvalue weighted by Gasteiger charge is 2.44. The Bertz CT molecular complexity index is 2390. The van der Waals surface area contributed by atoms with E-state index in [1.807, 2.05) is 6.92 Å². The second-order valence-electron chi connectivity index (χ2n) is 17.2. The van der Waals surface area contributed by atoms with E-state index in [1.54, 1.807) is 0 Å². The van der Waals surface area contributed by atoms with E-state index in [1.165, 1.54) is 151 Å². The Morgan fingerprint density at radius 1 is 0.611 bits per heavy atom.